The fourth-order valence-corrected chi connectivity index (χ4v) is 2.79. The molecule has 2 heterocycles. The second-order valence-corrected chi connectivity index (χ2v) is 5.95. The second-order valence-electron chi connectivity index (χ2n) is 5.03. The normalized spacial score (nSPS) is 19.0. The first-order valence-corrected chi connectivity index (χ1v) is 7.39. The van der Waals surface area contributed by atoms with E-state index in [-0.39, 0.29) is 11.4 Å². The molecule has 1 unspecified atom stereocenters. The Labute approximate surface area is 128 Å². The summed E-state index contributed by atoms with van der Waals surface area (Å²) >= 11 is 3.05. The number of aromatic amines is 1. The van der Waals surface area contributed by atoms with Gasteiger partial charge < -0.3 is 10.2 Å². The number of piperazine rings is 1. The molecule has 1 aliphatic heterocycles. The summed E-state index contributed by atoms with van der Waals surface area (Å²) in [4.78, 5) is 6.21. The fourth-order valence-electron chi connectivity index (χ4n) is 2.39. The molecular formula is C13H14BrF2N5. The molecule has 0 amide bonds. The Bertz CT molecular complexity index is 637. The van der Waals surface area contributed by atoms with Crippen molar-refractivity contribution in [2.75, 3.05) is 24.5 Å². The van der Waals surface area contributed by atoms with E-state index >= 15 is 0 Å². The molecule has 112 valence electrons. The van der Waals surface area contributed by atoms with Crippen LogP contribution in [0, 0.1) is 11.6 Å². The minimum absolute atomic E-state index is 0.0960. The summed E-state index contributed by atoms with van der Waals surface area (Å²) < 4.78 is 28.2. The number of aromatic nitrogens is 3. The number of H-pyrrole nitrogens is 1. The molecule has 8 heteroatoms. The number of hydrogen-bond donors (Lipinski definition) is 2. The van der Waals surface area contributed by atoms with Crippen LogP contribution in [0.5, 0.6) is 0 Å². The topological polar surface area (TPSA) is 56.8 Å². The van der Waals surface area contributed by atoms with Gasteiger partial charge in [0.2, 0.25) is 5.95 Å². The quantitative estimate of drug-likeness (QED) is 0.865. The highest BCUT2D eigenvalue weighted by Crippen LogP contribution is 2.27. The Morgan fingerprint density at radius 1 is 1.33 bits per heavy atom. The van der Waals surface area contributed by atoms with Gasteiger partial charge in [-0.3, -0.25) is 5.10 Å². The van der Waals surface area contributed by atoms with Crippen LogP contribution in [0.25, 0.3) is 11.4 Å². The minimum Gasteiger partial charge on any atom is -0.337 e. The van der Waals surface area contributed by atoms with E-state index in [1.165, 1.54) is 12.1 Å². The molecule has 2 N–H and O–H groups in total. The van der Waals surface area contributed by atoms with Crippen LogP contribution in [0.15, 0.2) is 16.6 Å². The maximum absolute atomic E-state index is 13.9. The number of benzene rings is 1. The van der Waals surface area contributed by atoms with E-state index in [4.69, 9.17) is 0 Å². The Balaban J connectivity index is 1.92. The third kappa shape index (κ3) is 2.91. The molecule has 1 aromatic heterocycles. The molecule has 0 saturated carbocycles. The van der Waals surface area contributed by atoms with E-state index in [9.17, 15) is 8.78 Å². The van der Waals surface area contributed by atoms with E-state index in [1.807, 2.05) is 4.90 Å². The molecule has 21 heavy (non-hydrogen) atoms. The highest BCUT2D eigenvalue weighted by molar-refractivity contribution is 9.10. The van der Waals surface area contributed by atoms with Gasteiger partial charge in [0.05, 0.1) is 5.56 Å². The molecule has 0 bridgehead atoms. The lowest BCUT2D eigenvalue weighted by atomic mass is 10.2. The standard InChI is InChI=1S/C13H14BrF2N5/c1-7-6-21(3-2-17-7)13-18-12(19-20-13)11-9(15)4-8(14)5-10(11)16/h4-5,7,17H,2-3,6H2,1H3,(H,18,19,20). The van der Waals surface area contributed by atoms with Crippen molar-refractivity contribution in [1.29, 1.82) is 0 Å². The van der Waals surface area contributed by atoms with Crippen molar-refractivity contribution in [2.24, 2.45) is 0 Å². The van der Waals surface area contributed by atoms with Crippen LogP contribution in [0.2, 0.25) is 0 Å². The second kappa shape index (κ2) is 5.69. The third-order valence-electron chi connectivity index (χ3n) is 3.37. The monoisotopic (exact) mass is 357 g/mol. The van der Waals surface area contributed by atoms with Crippen molar-refractivity contribution in [1.82, 2.24) is 20.5 Å². The SMILES string of the molecule is CC1CN(c2n[nH]c(-c3c(F)cc(Br)cc3F)n2)CCN1. The van der Waals surface area contributed by atoms with Gasteiger partial charge in [-0.1, -0.05) is 15.9 Å². The van der Waals surface area contributed by atoms with Gasteiger partial charge in [0.25, 0.3) is 0 Å². The summed E-state index contributed by atoms with van der Waals surface area (Å²) in [5.74, 6) is -0.810. The van der Waals surface area contributed by atoms with Gasteiger partial charge in [-0.05, 0) is 19.1 Å². The largest absolute Gasteiger partial charge is 0.337 e. The average Bonchev–Trinajstić information content (AvgIpc) is 2.87. The van der Waals surface area contributed by atoms with E-state index in [0.717, 1.165) is 19.6 Å². The zero-order valence-corrected chi connectivity index (χ0v) is 12.9. The van der Waals surface area contributed by atoms with Gasteiger partial charge in [-0.25, -0.2) is 8.78 Å². The van der Waals surface area contributed by atoms with Gasteiger partial charge in [0, 0.05) is 30.1 Å². The Morgan fingerprint density at radius 2 is 2.05 bits per heavy atom. The molecule has 3 rings (SSSR count). The predicted octanol–water partition coefficient (Wildman–Crippen LogP) is 2.31. The molecule has 5 nitrogen and oxygen atoms in total. The molecule has 1 fully saturated rings. The van der Waals surface area contributed by atoms with Gasteiger partial charge >= 0.3 is 0 Å². The molecule has 0 radical (unpaired) electrons. The molecule has 1 saturated heterocycles. The number of anilines is 1. The van der Waals surface area contributed by atoms with E-state index in [0.29, 0.717) is 16.5 Å². The lowest BCUT2D eigenvalue weighted by Gasteiger charge is -2.30. The van der Waals surface area contributed by atoms with Crippen molar-refractivity contribution in [3.05, 3.63) is 28.2 Å². The zero-order valence-electron chi connectivity index (χ0n) is 11.3. The Morgan fingerprint density at radius 3 is 2.71 bits per heavy atom. The first-order chi connectivity index (χ1) is 10.0. The zero-order chi connectivity index (χ0) is 15.0. The van der Waals surface area contributed by atoms with Gasteiger partial charge in [0.1, 0.15) is 11.6 Å². The summed E-state index contributed by atoms with van der Waals surface area (Å²) in [7, 11) is 0. The number of nitrogens with zero attached hydrogens (tertiary/aromatic N) is 3. The van der Waals surface area contributed by atoms with Gasteiger partial charge in [-0.15, -0.1) is 5.10 Å². The molecular weight excluding hydrogens is 344 g/mol. The number of hydrogen-bond acceptors (Lipinski definition) is 4. The summed E-state index contributed by atoms with van der Waals surface area (Å²) in [6.07, 6.45) is 0. The van der Waals surface area contributed by atoms with E-state index < -0.39 is 11.6 Å². The highest BCUT2D eigenvalue weighted by Gasteiger charge is 2.22. The van der Waals surface area contributed by atoms with Crippen molar-refractivity contribution in [3.63, 3.8) is 0 Å². The number of nitrogens with one attached hydrogen (secondary N) is 2. The minimum atomic E-state index is -0.682. The fraction of sp³-hybridized carbons (Fsp3) is 0.385. The average molecular weight is 358 g/mol. The van der Waals surface area contributed by atoms with Crippen LogP contribution in [0.4, 0.5) is 14.7 Å². The number of halogens is 3. The van der Waals surface area contributed by atoms with Crippen molar-refractivity contribution in [3.8, 4) is 11.4 Å². The molecule has 0 spiro atoms. The molecule has 1 aliphatic rings. The third-order valence-corrected chi connectivity index (χ3v) is 3.83. The van der Waals surface area contributed by atoms with E-state index in [2.05, 4.69) is 43.4 Å². The van der Waals surface area contributed by atoms with Crippen LogP contribution in [0.3, 0.4) is 0 Å². The molecule has 1 atom stereocenters. The maximum atomic E-state index is 13.9. The maximum Gasteiger partial charge on any atom is 0.245 e. The van der Waals surface area contributed by atoms with Crippen molar-refractivity contribution < 1.29 is 8.78 Å². The summed E-state index contributed by atoms with van der Waals surface area (Å²) in [6, 6.07) is 2.72. The first-order valence-electron chi connectivity index (χ1n) is 6.60. The van der Waals surface area contributed by atoms with Crippen LogP contribution in [-0.4, -0.2) is 40.9 Å². The molecule has 0 aliphatic carbocycles. The lowest BCUT2D eigenvalue weighted by Crippen LogP contribution is -2.49. The van der Waals surface area contributed by atoms with Crippen LogP contribution in [-0.2, 0) is 0 Å². The Kier molecular flexibility index (Phi) is 3.90. The highest BCUT2D eigenvalue weighted by atomic mass is 79.9. The summed E-state index contributed by atoms with van der Waals surface area (Å²) in [5.41, 5.74) is -0.194. The summed E-state index contributed by atoms with van der Waals surface area (Å²) in [5, 5.41) is 10.0. The summed E-state index contributed by atoms with van der Waals surface area (Å²) in [6.45, 7) is 4.40. The van der Waals surface area contributed by atoms with E-state index in [1.54, 1.807) is 0 Å². The van der Waals surface area contributed by atoms with Gasteiger partial charge in [0.15, 0.2) is 5.82 Å². The smallest absolute Gasteiger partial charge is 0.245 e. The van der Waals surface area contributed by atoms with Crippen LogP contribution < -0.4 is 10.2 Å². The Hall–Kier alpha value is -1.54. The first kappa shape index (κ1) is 14.4. The van der Waals surface area contributed by atoms with Crippen LogP contribution >= 0.6 is 15.9 Å². The van der Waals surface area contributed by atoms with Crippen molar-refractivity contribution in [2.45, 2.75) is 13.0 Å². The molecule has 2 aromatic rings. The lowest BCUT2D eigenvalue weighted by molar-refractivity contribution is 0.480. The number of rotatable bonds is 2. The van der Waals surface area contributed by atoms with Crippen molar-refractivity contribution >= 4 is 21.9 Å². The predicted molar refractivity (Wildman–Crippen MR) is 79.1 cm³/mol. The van der Waals surface area contributed by atoms with Gasteiger partial charge in [-0.2, -0.15) is 4.98 Å². The van der Waals surface area contributed by atoms with Crippen LogP contribution in [0.1, 0.15) is 6.92 Å². The molecule has 1 aromatic carbocycles.